The summed E-state index contributed by atoms with van der Waals surface area (Å²) in [5.74, 6) is -0.132. The topological polar surface area (TPSA) is 70.6 Å². The molecule has 0 aromatic heterocycles. The quantitative estimate of drug-likeness (QED) is 0.862. The van der Waals surface area contributed by atoms with E-state index in [1.807, 2.05) is 55.5 Å². The van der Waals surface area contributed by atoms with Gasteiger partial charge in [-0.15, -0.1) is 0 Å². The van der Waals surface area contributed by atoms with Gasteiger partial charge in [-0.1, -0.05) is 52.0 Å². The molecule has 27 heavy (non-hydrogen) atoms. The predicted octanol–water partition coefficient (Wildman–Crippen LogP) is 4.10. The highest BCUT2D eigenvalue weighted by atomic mass is 16.2. The summed E-state index contributed by atoms with van der Waals surface area (Å²) in [6, 6.07) is 15.2. The van der Waals surface area contributed by atoms with E-state index in [0.29, 0.717) is 12.0 Å². The van der Waals surface area contributed by atoms with Gasteiger partial charge < -0.3 is 5.32 Å². The van der Waals surface area contributed by atoms with Crippen LogP contribution < -0.4 is 10.7 Å². The minimum absolute atomic E-state index is 0.0588. The van der Waals surface area contributed by atoms with Gasteiger partial charge in [0.15, 0.2) is 0 Å². The zero-order valence-electron chi connectivity index (χ0n) is 16.2. The summed E-state index contributed by atoms with van der Waals surface area (Å²) >= 11 is 0. The van der Waals surface area contributed by atoms with Crippen molar-refractivity contribution in [2.24, 2.45) is 11.0 Å². The van der Waals surface area contributed by atoms with Gasteiger partial charge in [0.05, 0.1) is 5.71 Å². The third-order valence-electron chi connectivity index (χ3n) is 4.71. The number of carbonyl (C=O) groups excluding carboxylic acids is 2. The Kier molecular flexibility index (Phi) is 5.13. The summed E-state index contributed by atoms with van der Waals surface area (Å²) in [6.07, 6.45) is 0.432. The van der Waals surface area contributed by atoms with Crippen LogP contribution in [0.4, 0.5) is 5.69 Å². The summed E-state index contributed by atoms with van der Waals surface area (Å²) in [6.45, 7) is 8.42. The molecule has 1 aliphatic rings. The molecular formula is C22H25N3O2. The normalized spacial score (nSPS) is 17.1. The summed E-state index contributed by atoms with van der Waals surface area (Å²) in [4.78, 5) is 23.8. The minimum Gasteiger partial charge on any atom is -0.322 e. The number of nitrogens with zero attached hydrogens (tertiary/aromatic N) is 1. The fraction of sp³-hybridized carbons (Fsp3) is 0.318. The number of anilines is 1. The highest BCUT2D eigenvalue weighted by Gasteiger charge is 2.21. The third kappa shape index (κ3) is 4.42. The molecule has 2 aromatic carbocycles. The molecule has 2 aromatic rings. The number of rotatable bonds is 3. The van der Waals surface area contributed by atoms with Gasteiger partial charge in [-0.25, -0.2) is 5.43 Å². The second-order valence-electron chi connectivity index (χ2n) is 8.00. The lowest BCUT2D eigenvalue weighted by atomic mass is 9.87. The number of carbonyl (C=O) groups is 2. The van der Waals surface area contributed by atoms with Crippen LogP contribution >= 0.6 is 0 Å². The molecule has 1 aliphatic heterocycles. The Balaban J connectivity index is 1.69. The number of nitrogens with one attached hydrogen (secondary N) is 2. The second-order valence-corrected chi connectivity index (χ2v) is 8.00. The average molecular weight is 363 g/mol. The van der Waals surface area contributed by atoms with Crippen LogP contribution in [0.25, 0.3) is 0 Å². The zero-order chi connectivity index (χ0) is 19.6. The van der Waals surface area contributed by atoms with Crippen molar-refractivity contribution in [3.63, 3.8) is 0 Å². The van der Waals surface area contributed by atoms with Gasteiger partial charge in [-0.3, -0.25) is 9.59 Å². The smallest absolute Gasteiger partial charge is 0.255 e. The molecule has 2 N–H and O–H groups in total. The molecule has 0 saturated carbocycles. The highest BCUT2D eigenvalue weighted by Crippen LogP contribution is 2.23. The van der Waals surface area contributed by atoms with Gasteiger partial charge in [0.2, 0.25) is 5.91 Å². The molecule has 2 amide bonds. The first-order valence-corrected chi connectivity index (χ1v) is 9.13. The van der Waals surface area contributed by atoms with Crippen LogP contribution in [0.15, 0.2) is 53.6 Å². The molecule has 140 valence electrons. The molecule has 5 heteroatoms. The second kappa shape index (κ2) is 7.35. The monoisotopic (exact) mass is 363 g/mol. The van der Waals surface area contributed by atoms with Crippen LogP contribution in [0, 0.1) is 5.92 Å². The number of hydrogen-bond donors (Lipinski definition) is 2. The number of hydrogen-bond acceptors (Lipinski definition) is 3. The van der Waals surface area contributed by atoms with Gasteiger partial charge in [-0.05, 0) is 40.8 Å². The van der Waals surface area contributed by atoms with Crippen LogP contribution in [0.3, 0.4) is 0 Å². The third-order valence-corrected chi connectivity index (χ3v) is 4.71. The van der Waals surface area contributed by atoms with Crippen molar-refractivity contribution in [1.29, 1.82) is 0 Å². The molecule has 1 unspecified atom stereocenters. The maximum atomic E-state index is 12.5. The van der Waals surface area contributed by atoms with Crippen molar-refractivity contribution in [2.45, 2.75) is 39.5 Å². The average Bonchev–Trinajstić information content (AvgIpc) is 2.62. The zero-order valence-corrected chi connectivity index (χ0v) is 16.2. The first-order chi connectivity index (χ1) is 12.7. The van der Waals surface area contributed by atoms with Crippen molar-refractivity contribution in [3.8, 4) is 0 Å². The highest BCUT2D eigenvalue weighted by molar-refractivity contribution is 6.07. The summed E-state index contributed by atoms with van der Waals surface area (Å²) in [5, 5.41) is 7.07. The summed E-state index contributed by atoms with van der Waals surface area (Å²) < 4.78 is 0. The van der Waals surface area contributed by atoms with E-state index in [1.165, 1.54) is 5.56 Å². The summed E-state index contributed by atoms with van der Waals surface area (Å²) in [7, 11) is 0. The van der Waals surface area contributed by atoms with E-state index in [4.69, 9.17) is 0 Å². The van der Waals surface area contributed by atoms with E-state index < -0.39 is 0 Å². The van der Waals surface area contributed by atoms with Gasteiger partial charge in [0, 0.05) is 23.6 Å². The SMILES string of the molecule is CC1CC(=O)NN=C1c1ccc(NC(=O)c2ccc(C(C)(C)C)cc2)cc1. The van der Waals surface area contributed by atoms with Crippen LogP contribution in [-0.2, 0) is 10.2 Å². The predicted molar refractivity (Wildman–Crippen MR) is 108 cm³/mol. The maximum Gasteiger partial charge on any atom is 0.255 e. The first-order valence-electron chi connectivity index (χ1n) is 9.13. The van der Waals surface area contributed by atoms with E-state index in [0.717, 1.165) is 17.0 Å². The molecule has 0 bridgehead atoms. The Labute approximate surface area is 159 Å². The Morgan fingerprint density at radius 2 is 1.70 bits per heavy atom. The van der Waals surface area contributed by atoms with Crippen LogP contribution in [0.5, 0.6) is 0 Å². The van der Waals surface area contributed by atoms with Gasteiger partial charge in [0.1, 0.15) is 0 Å². The van der Waals surface area contributed by atoms with Crippen LogP contribution in [-0.4, -0.2) is 17.5 Å². The minimum atomic E-state index is -0.140. The lowest BCUT2D eigenvalue weighted by Crippen LogP contribution is -2.31. The Morgan fingerprint density at radius 3 is 2.26 bits per heavy atom. The van der Waals surface area contributed by atoms with Crippen molar-refractivity contribution >= 4 is 23.2 Å². The van der Waals surface area contributed by atoms with Crippen molar-refractivity contribution < 1.29 is 9.59 Å². The molecule has 1 heterocycles. The van der Waals surface area contributed by atoms with E-state index >= 15 is 0 Å². The van der Waals surface area contributed by atoms with E-state index in [-0.39, 0.29) is 23.1 Å². The van der Waals surface area contributed by atoms with Crippen molar-refractivity contribution in [3.05, 3.63) is 65.2 Å². The number of amides is 2. The lowest BCUT2D eigenvalue weighted by Gasteiger charge is -2.19. The molecular weight excluding hydrogens is 338 g/mol. The number of benzene rings is 2. The number of hydrazone groups is 1. The molecule has 0 saturated heterocycles. The largest absolute Gasteiger partial charge is 0.322 e. The maximum absolute atomic E-state index is 12.5. The fourth-order valence-corrected chi connectivity index (χ4v) is 3.05. The van der Waals surface area contributed by atoms with Crippen molar-refractivity contribution in [2.75, 3.05) is 5.32 Å². The molecule has 0 spiro atoms. The standard InChI is InChI=1S/C22H25N3O2/c1-14-13-19(26)24-25-20(14)15-7-11-18(12-8-15)23-21(27)16-5-9-17(10-6-16)22(2,3)4/h5-12,14H,13H2,1-4H3,(H,23,27)(H,24,26). The van der Waals surface area contributed by atoms with Gasteiger partial charge in [-0.2, -0.15) is 5.10 Å². The molecule has 5 nitrogen and oxygen atoms in total. The van der Waals surface area contributed by atoms with Gasteiger partial charge >= 0.3 is 0 Å². The Hall–Kier alpha value is -2.95. The molecule has 0 fully saturated rings. The first kappa shape index (κ1) is 18.8. The van der Waals surface area contributed by atoms with Crippen LogP contribution in [0.2, 0.25) is 0 Å². The lowest BCUT2D eigenvalue weighted by molar-refractivity contribution is -0.121. The molecule has 0 radical (unpaired) electrons. The summed E-state index contributed by atoms with van der Waals surface area (Å²) in [5.41, 5.74) is 6.91. The van der Waals surface area contributed by atoms with Crippen molar-refractivity contribution in [1.82, 2.24) is 5.43 Å². The Morgan fingerprint density at radius 1 is 1.07 bits per heavy atom. The Bertz CT molecular complexity index is 875. The van der Waals surface area contributed by atoms with E-state index in [9.17, 15) is 9.59 Å². The molecule has 3 rings (SSSR count). The van der Waals surface area contributed by atoms with E-state index in [1.54, 1.807) is 0 Å². The van der Waals surface area contributed by atoms with E-state index in [2.05, 4.69) is 36.6 Å². The fourth-order valence-electron chi connectivity index (χ4n) is 3.05. The van der Waals surface area contributed by atoms with Crippen LogP contribution in [0.1, 0.15) is 55.6 Å². The molecule has 1 atom stereocenters. The van der Waals surface area contributed by atoms with Gasteiger partial charge in [0.25, 0.3) is 5.91 Å². The molecule has 0 aliphatic carbocycles.